The van der Waals surface area contributed by atoms with Gasteiger partial charge in [0.25, 0.3) is 0 Å². The molecule has 1 aliphatic heterocycles. The van der Waals surface area contributed by atoms with Crippen molar-refractivity contribution in [2.75, 3.05) is 25.5 Å². The Balaban J connectivity index is 1.83. The zero-order chi connectivity index (χ0) is 22.2. The van der Waals surface area contributed by atoms with Crippen molar-refractivity contribution in [2.45, 2.75) is 25.9 Å². The number of nitrogens with two attached hydrogens (primary N) is 1. The van der Waals surface area contributed by atoms with Gasteiger partial charge >= 0.3 is 0 Å². The number of benzene rings is 1. The van der Waals surface area contributed by atoms with Crippen LogP contribution in [0.1, 0.15) is 19.7 Å². The summed E-state index contributed by atoms with van der Waals surface area (Å²) in [6.45, 7) is 4.89. The molecule has 0 radical (unpaired) electrons. The van der Waals surface area contributed by atoms with Crippen LogP contribution in [0.15, 0.2) is 42.6 Å². The number of fused-ring (bicyclic) bond motifs is 1. The van der Waals surface area contributed by atoms with Crippen LogP contribution in [0.3, 0.4) is 0 Å². The maximum atomic E-state index is 13.5. The number of rotatable bonds is 5. The van der Waals surface area contributed by atoms with Crippen LogP contribution in [0.4, 0.5) is 15.9 Å². The predicted molar refractivity (Wildman–Crippen MR) is 115 cm³/mol. The van der Waals surface area contributed by atoms with Gasteiger partial charge in [-0.1, -0.05) is 0 Å². The van der Waals surface area contributed by atoms with Gasteiger partial charge in [0.15, 0.2) is 0 Å². The van der Waals surface area contributed by atoms with E-state index >= 15 is 0 Å². The van der Waals surface area contributed by atoms with Crippen molar-refractivity contribution in [1.29, 1.82) is 0 Å². The highest BCUT2D eigenvalue weighted by molar-refractivity contribution is 5.80. The minimum atomic E-state index is -0.665. The van der Waals surface area contributed by atoms with Crippen molar-refractivity contribution < 1.29 is 13.9 Å². The largest absolute Gasteiger partial charge is 0.481 e. The molecule has 31 heavy (non-hydrogen) atoms. The number of anilines is 2. The Labute approximate surface area is 179 Å². The maximum absolute atomic E-state index is 13.5. The van der Waals surface area contributed by atoms with E-state index < -0.39 is 5.54 Å². The predicted octanol–water partition coefficient (Wildman–Crippen LogP) is 2.87. The zero-order valence-corrected chi connectivity index (χ0v) is 17.7. The quantitative estimate of drug-likeness (QED) is 0.654. The normalized spacial score (nSPS) is 14.8. The number of aromatic nitrogens is 3. The number of carbonyl (C=O) groups excluding carboxylic acids is 1. The monoisotopic (exact) mass is 424 g/mol. The molecule has 0 bridgehead atoms. The molecule has 0 fully saturated rings. The molecule has 0 spiro atoms. The van der Waals surface area contributed by atoms with Gasteiger partial charge in [0.05, 0.1) is 31.1 Å². The first-order valence-corrected chi connectivity index (χ1v) is 9.99. The summed E-state index contributed by atoms with van der Waals surface area (Å²) in [5, 5.41) is 3.40. The molecule has 0 atom stereocenters. The van der Waals surface area contributed by atoms with Crippen LogP contribution in [-0.4, -0.2) is 45.5 Å². The first-order chi connectivity index (χ1) is 14.8. The average molecular weight is 424 g/mol. The molecule has 2 aromatic heterocycles. The molecule has 8 nitrogen and oxygen atoms in total. The molecular weight excluding hydrogens is 399 g/mol. The fraction of sp³-hybridized carbons (Fsp3) is 0.318. The summed E-state index contributed by atoms with van der Waals surface area (Å²) in [7, 11) is 1.56. The van der Waals surface area contributed by atoms with E-state index in [2.05, 4.69) is 14.9 Å². The van der Waals surface area contributed by atoms with Crippen molar-refractivity contribution in [3.05, 3.63) is 54.2 Å². The van der Waals surface area contributed by atoms with Crippen molar-refractivity contribution in [3.8, 4) is 17.1 Å². The van der Waals surface area contributed by atoms with Crippen LogP contribution < -0.4 is 15.8 Å². The van der Waals surface area contributed by atoms with Crippen LogP contribution in [-0.2, 0) is 16.9 Å². The fourth-order valence-corrected chi connectivity index (χ4v) is 3.93. The molecule has 0 unspecified atom stereocenters. The van der Waals surface area contributed by atoms with Crippen LogP contribution in [0.25, 0.3) is 11.3 Å². The fourth-order valence-electron chi connectivity index (χ4n) is 3.93. The number of amides is 1. The van der Waals surface area contributed by atoms with E-state index in [0.29, 0.717) is 24.7 Å². The number of ether oxygens (including phenoxy) is 1. The molecule has 0 aliphatic carbocycles. The molecule has 3 aromatic rings. The number of hydrogen-bond donors (Lipinski definition) is 2. The van der Waals surface area contributed by atoms with E-state index in [1.807, 2.05) is 19.9 Å². The van der Waals surface area contributed by atoms with Gasteiger partial charge in [0.1, 0.15) is 23.2 Å². The summed E-state index contributed by atoms with van der Waals surface area (Å²) in [5.74, 6) is 1.54. The van der Waals surface area contributed by atoms with Gasteiger partial charge in [-0.2, -0.15) is 0 Å². The molecular formula is C22H25FN6O2. The lowest BCUT2D eigenvalue weighted by Crippen LogP contribution is -2.53. The Hall–Kier alpha value is -3.46. The second kappa shape index (κ2) is 7.99. The van der Waals surface area contributed by atoms with Gasteiger partial charge in [-0.15, -0.1) is 0 Å². The smallest absolute Gasteiger partial charge is 0.237 e. The number of halogens is 1. The molecule has 4 rings (SSSR count). The average Bonchev–Trinajstić information content (AvgIpc) is 3.14. The Kier molecular flexibility index (Phi) is 5.36. The van der Waals surface area contributed by atoms with E-state index in [4.69, 9.17) is 15.5 Å². The molecule has 162 valence electrons. The van der Waals surface area contributed by atoms with Gasteiger partial charge in [-0.05, 0) is 44.2 Å². The highest BCUT2D eigenvalue weighted by Gasteiger charge is 2.41. The zero-order valence-electron chi connectivity index (χ0n) is 17.7. The van der Waals surface area contributed by atoms with Gasteiger partial charge in [-0.3, -0.25) is 4.79 Å². The third kappa shape index (κ3) is 3.72. The Bertz CT molecular complexity index is 1090. The molecule has 1 aliphatic rings. The van der Waals surface area contributed by atoms with Gasteiger partial charge in [-0.25, -0.2) is 14.4 Å². The Morgan fingerprint density at radius 1 is 1.23 bits per heavy atom. The summed E-state index contributed by atoms with van der Waals surface area (Å²) in [4.78, 5) is 23.3. The Morgan fingerprint density at radius 2 is 1.97 bits per heavy atom. The van der Waals surface area contributed by atoms with Gasteiger partial charge in [0.2, 0.25) is 11.8 Å². The van der Waals surface area contributed by atoms with Crippen LogP contribution >= 0.6 is 0 Å². The minimum Gasteiger partial charge on any atom is -0.481 e. The maximum Gasteiger partial charge on any atom is 0.237 e. The molecule has 0 saturated heterocycles. The van der Waals surface area contributed by atoms with E-state index in [0.717, 1.165) is 22.9 Å². The van der Waals surface area contributed by atoms with E-state index in [1.54, 1.807) is 36.4 Å². The third-order valence-electron chi connectivity index (χ3n) is 5.54. The van der Waals surface area contributed by atoms with Crippen LogP contribution in [0, 0.1) is 5.82 Å². The van der Waals surface area contributed by atoms with Crippen molar-refractivity contribution >= 4 is 17.4 Å². The second-order valence-corrected chi connectivity index (χ2v) is 7.81. The minimum absolute atomic E-state index is 0.0580. The standard InChI is InChI=1S/C22H25FN6O2/c1-22(2)21-27-19(14-4-6-15(23)7-5-14)20(26-16-8-9-17(31-3)25-13-16)28(21)10-11-29(22)18(30)12-24/h4-9,13,26H,10-12,24H2,1-3H3. The number of hydrogen-bond acceptors (Lipinski definition) is 6. The first kappa shape index (κ1) is 20.8. The lowest BCUT2D eigenvalue weighted by Gasteiger charge is -2.42. The summed E-state index contributed by atoms with van der Waals surface area (Å²) >= 11 is 0. The van der Waals surface area contributed by atoms with Gasteiger partial charge < -0.3 is 25.3 Å². The molecule has 3 heterocycles. The number of nitrogens with one attached hydrogen (secondary N) is 1. The lowest BCUT2D eigenvalue weighted by atomic mass is 9.99. The lowest BCUT2D eigenvalue weighted by molar-refractivity contribution is -0.137. The van der Waals surface area contributed by atoms with Crippen molar-refractivity contribution in [3.63, 3.8) is 0 Å². The number of nitrogens with zero attached hydrogens (tertiary/aromatic N) is 4. The molecule has 3 N–H and O–H groups in total. The SMILES string of the molecule is COc1ccc(Nc2c(-c3ccc(F)cc3)nc3n2CCN(C(=O)CN)C3(C)C)cn1. The molecule has 0 saturated carbocycles. The highest BCUT2D eigenvalue weighted by Crippen LogP contribution is 2.39. The number of carbonyl (C=O) groups is 1. The number of methoxy groups -OCH3 is 1. The molecule has 1 aromatic carbocycles. The van der Waals surface area contributed by atoms with E-state index in [1.165, 1.54) is 12.1 Å². The van der Waals surface area contributed by atoms with Crippen LogP contribution in [0.2, 0.25) is 0 Å². The number of pyridine rings is 1. The topological polar surface area (TPSA) is 98.3 Å². The Morgan fingerprint density at radius 3 is 2.58 bits per heavy atom. The summed E-state index contributed by atoms with van der Waals surface area (Å²) in [6.07, 6.45) is 1.67. The highest BCUT2D eigenvalue weighted by atomic mass is 19.1. The third-order valence-corrected chi connectivity index (χ3v) is 5.54. The molecule has 1 amide bonds. The summed E-state index contributed by atoms with van der Waals surface area (Å²) < 4.78 is 20.7. The number of imidazole rings is 1. The van der Waals surface area contributed by atoms with Crippen LogP contribution in [0.5, 0.6) is 5.88 Å². The first-order valence-electron chi connectivity index (χ1n) is 9.99. The summed E-state index contributed by atoms with van der Waals surface area (Å²) in [5.41, 5.74) is 7.15. The van der Waals surface area contributed by atoms with Crippen molar-refractivity contribution in [2.24, 2.45) is 5.73 Å². The van der Waals surface area contributed by atoms with Gasteiger partial charge in [0, 0.05) is 24.7 Å². The van der Waals surface area contributed by atoms with E-state index in [-0.39, 0.29) is 18.3 Å². The van der Waals surface area contributed by atoms with Crippen molar-refractivity contribution in [1.82, 2.24) is 19.4 Å². The van der Waals surface area contributed by atoms with E-state index in [9.17, 15) is 9.18 Å². The summed E-state index contributed by atoms with van der Waals surface area (Å²) in [6, 6.07) is 9.81. The second-order valence-electron chi connectivity index (χ2n) is 7.81. The molecule has 9 heteroatoms.